The summed E-state index contributed by atoms with van der Waals surface area (Å²) in [7, 11) is 1.50. The molecule has 0 bridgehead atoms. The van der Waals surface area contributed by atoms with Gasteiger partial charge in [-0.15, -0.1) is 0 Å². The van der Waals surface area contributed by atoms with Crippen molar-refractivity contribution in [3.8, 4) is 11.8 Å². The molecule has 1 saturated carbocycles. The van der Waals surface area contributed by atoms with Gasteiger partial charge in [0.15, 0.2) is 0 Å². The SMILES string of the molecule is COc1ccc(N(CCC(N)=O)C(=O)Cn2c(=O)c(C#N)cn(C3CC3)c2=O)cc1. The monoisotopic (exact) mass is 411 g/mol. The van der Waals surface area contributed by atoms with Gasteiger partial charge in [0.25, 0.3) is 5.56 Å². The molecule has 0 unspecified atom stereocenters. The first-order valence-corrected chi connectivity index (χ1v) is 9.34. The number of hydrogen-bond acceptors (Lipinski definition) is 6. The molecule has 30 heavy (non-hydrogen) atoms. The molecule has 0 aliphatic heterocycles. The number of anilines is 1. The molecule has 0 atom stereocenters. The Morgan fingerprint density at radius 2 is 1.93 bits per heavy atom. The minimum atomic E-state index is -0.822. The molecule has 156 valence electrons. The van der Waals surface area contributed by atoms with Crippen LogP contribution in [0, 0.1) is 11.3 Å². The number of aromatic nitrogens is 2. The van der Waals surface area contributed by atoms with Gasteiger partial charge < -0.3 is 15.4 Å². The van der Waals surface area contributed by atoms with Crippen LogP contribution in [0.15, 0.2) is 40.1 Å². The lowest BCUT2D eigenvalue weighted by atomic mass is 10.2. The van der Waals surface area contributed by atoms with Gasteiger partial charge in [0.05, 0.1) is 7.11 Å². The van der Waals surface area contributed by atoms with Crippen molar-refractivity contribution in [2.45, 2.75) is 31.8 Å². The molecule has 0 saturated heterocycles. The average Bonchev–Trinajstić information content (AvgIpc) is 3.57. The maximum atomic E-state index is 13.0. The van der Waals surface area contributed by atoms with Gasteiger partial charge >= 0.3 is 5.69 Å². The summed E-state index contributed by atoms with van der Waals surface area (Å²) < 4.78 is 7.20. The van der Waals surface area contributed by atoms with Gasteiger partial charge in [-0.1, -0.05) is 0 Å². The summed E-state index contributed by atoms with van der Waals surface area (Å²) in [4.78, 5) is 50.8. The van der Waals surface area contributed by atoms with Crippen molar-refractivity contribution in [1.29, 1.82) is 5.26 Å². The number of rotatable bonds is 8. The second kappa shape index (κ2) is 8.65. The number of ether oxygens (including phenoxy) is 1. The average molecular weight is 411 g/mol. The molecular weight excluding hydrogens is 390 g/mol. The molecule has 0 spiro atoms. The van der Waals surface area contributed by atoms with Gasteiger partial charge in [0, 0.05) is 30.9 Å². The molecule has 1 aliphatic rings. The lowest BCUT2D eigenvalue weighted by molar-refractivity contribution is -0.119. The van der Waals surface area contributed by atoms with Crippen LogP contribution in [0.5, 0.6) is 5.75 Å². The minimum absolute atomic E-state index is 0.0238. The third-order valence-corrected chi connectivity index (χ3v) is 4.82. The van der Waals surface area contributed by atoms with Crippen molar-refractivity contribution in [2.75, 3.05) is 18.6 Å². The molecule has 1 aromatic heterocycles. The summed E-state index contributed by atoms with van der Waals surface area (Å²) in [6.45, 7) is -0.589. The lowest BCUT2D eigenvalue weighted by Gasteiger charge is -2.23. The van der Waals surface area contributed by atoms with Gasteiger partial charge in [0.2, 0.25) is 11.8 Å². The molecular formula is C20H21N5O5. The zero-order valence-electron chi connectivity index (χ0n) is 16.4. The van der Waals surface area contributed by atoms with E-state index in [2.05, 4.69) is 0 Å². The highest BCUT2D eigenvalue weighted by atomic mass is 16.5. The minimum Gasteiger partial charge on any atom is -0.497 e. The molecule has 10 nitrogen and oxygen atoms in total. The van der Waals surface area contributed by atoms with E-state index in [1.165, 1.54) is 22.8 Å². The Balaban J connectivity index is 1.96. The zero-order chi connectivity index (χ0) is 21.8. The number of carbonyl (C=O) groups excluding carboxylic acids is 2. The first-order valence-electron chi connectivity index (χ1n) is 9.34. The highest BCUT2D eigenvalue weighted by molar-refractivity contribution is 5.94. The topological polar surface area (TPSA) is 140 Å². The molecule has 2 amide bonds. The van der Waals surface area contributed by atoms with Gasteiger partial charge in [-0.3, -0.25) is 19.0 Å². The predicted octanol–water partition coefficient (Wildman–Crippen LogP) is 0.134. The van der Waals surface area contributed by atoms with Gasteiger partial charge in [-0.2, -0.15) is 5.26 Å². The molecule has 2 N–H and O–H groups in total. The Morgan fingerprint density at radius 1 is 1.27 bits per heavy atom. The molecule has 1 fully saturated rings. The first-order chi connectivity index (χ1) is 14.3. The second-order valence-electron chi connectivity index (χ2n) is 6.93. The third-order valence-electron chi connectivity index (χ3n) is 4.82. The van der Waals surface area contributed by atoms with Crippen molar-refractivity contribution in [2.24, 2.45) is 5.73 Å². The summed E-state index contributed by atoms with van der Waals surface area (Å²) in [6.07, 6.45) is 2.69. The number of nitrogens with two attached hydrogens (primary N) is 1. The van der Waals surface area contributed by atoms with Crippen molar-refractivity contribution in [1.82, 2.24) is 9.13 Å². The number of methoxy groups -OCH3 is 1. The van der Waals surface area contributed by atoms with Crippen LogP contribution < -0.4 is 26.6 Å². The number of benzene rings is 1. The molecule has 0 radical (unpaired) electrons. The summed E-state index contributed by atoms with van der Waals surface area (Å²) in [5.74, 6) is -0.606. The van der Waals surface area contributed by atoms with Crippen molar-refractivity contribution in [3.05, 3.63) is 56.9 Å². The normalized spacial score (nSPS) is 12.8. The van der Waals surface area contributed by atoms with Crippen molar-refractivity contribution < 1.29 is 14.3 Å². The van der Waals surface area contributed by atoms with E-state index in [1.807, 2.05) is 0 Å². The van der Waals surface area contributed by atoms with Crippen LogP contribution in [0.2, 0.25) is 0 Å². The van der Waals surface area contributed by atoms with E-state index in [9.17, 15) is 24.4 Å². The summed E-state index contributed by atoms with van der Waals surface area (Å²) in [6, 6.07) is 8.23. The van der Waals surface area contributed by atoms with Gasteiger partial charge in [-0.25, -0.2) is 9.36 Å². The van der Waals surface area contributed by atoms with Crippen LogP contribution in [0.25, 0.3) is 0 Å². The second-order valence-corrected chi connectivity index (χ2v) is 6.93. The largest absolute Gasteiger partial charge is 0.497 e. The smallest absolute Gasteiger partial charge is 0.331 e. The maximum absolute atomic E-state index is 13.0. The molecule has 1 aromatic carbocycles. The summed E-state index contributed by atoms with van der Waals surface area (Å²) in [5, 5.41) is 9.24. The van der Waals surface area contributed by atoms with Crippen LogP contribution in [-0.2, 0) is 16.1 Å². The zero-order valence-corrected chi connectivity index (χ0v) is 16.4. The molecule has 1 aliphatic carbocycles. The fourth-order valence-electron chi connectivity index (χ4n) is 3.05. The standard InChI is InChI=1S/C20H21N5O5/c1-30-16-6-4-14(5-7-16)23(9-8-17(22)26)18(27)12-25-19(28)13(10-21)11-24(20(25)29)15-2-3-15/h4-7,11,15H,2-3,8-9,12H2,1H3,(H2,22,26). The molecule has 3 rings (SSSR count). The number of nitriles is 1. The fourth-order valence-corrected chi connectivity index (χ4v) is 3.05. The Kier molecular flexibility index (Phi) is 6.01. The van der Waals surface area contributed by atoms with E-state index < -0.39 is 29.6 Å². The molecule has 10 heteroatoms. The Hall–Kier alpha value is -3.87. The van der Waals surface area contributed by atoms with E-state index in [1.54, 1.807) is 30.3 Å². The van der Waals surface area contributed by atoms with Crippen LogP contribution in [0.4, 0.5) is 5.69 Å². The van der Waals surface area contributed by atoms with E-state index in [4.69, 9.17) is 10.5 Å². The number of primary amides is 1. The summed E-state index contributed by atoms with van der Waals surface area (Å²) >= 11 is 0. The molecule has 1 heterocycles. The van der Waals surface area contributed by atoms with Crippen molar-refractivity contribution in [3.63, 3.8) is 0 Å². The van der Waals surface area contributed by atoms with E-state index in [-0.39, 0.29) is 24.6 Å². The first kappa shape index (κ1) is 20.9. The van der Waals surface area contributed by atoms with Crippen LogP contribution >= 0.6 is 0 Å². The Morgan fingerprint density at radius 3 is 2.47 bits per heavy atom. The number of hydrogen-bond donors (Lipinski definition) is 1. The third kappa shape index (κ3) is 4.41. The van der Waals surface area contributed by atoms with Crippen LogP contribution in [0.3, 0.4) is 0 Å². The number of carbonyl (C=O) groups is 2. The van der Waals surface area contributed by atoms with Crippen molar-refractivity contribution >= 4 is 17.5 Å². The maximum Gasteiger partial charge on any atom is 0.331 e. The number of nitrogens with zero attached hydrogens (tertiary/aromatic N) is 4. The highest BCUT2D eigenvalue weighted by Gasteiger charge is 2.28. The quantitative estimate of drug-likeness (QED) is 0.655. The number of amides is 2. The summed E-state index contributed by atoms with van der Waals surface area (Å²) in [5.41, 5.74) is 4.01. The Bertz CT molecular complexity index is 1120. The van der Waals surface area contributed by atoms with E-state index in [0.29, 0.717) is 11.4 Å². The van der Waals surface area contributed by atoms with Crippen LogP contribution in [0.1, 0.15) is 30.9 Å². The fraction of sp³-hybridized carbons (Fsp3) is 0.350. The predicted molar refractivity (Wildman–Crippen MR) is 107 cm³/mol. The van der Waals surface area contributed by atoms with Gasteiger partial charge in [-0.05, 0) is 37.1 Å². The Labute approximate surface area is 171 Å². The van der Waals surface area contributed by atoms with Gasteiger partial charge in [0.1, 0.15) is 23.9 Å². The van der Waals surface area contributed by atoms with E-state index in [0.717, 1.165) is 17.4 Å². The van der Waals surface area contributed by atoms with E-state index >= 15 is 0 Å². The highest BCUT2D eigenvalue weighted by Crippen LogP contribution is 2.33. The van der Waals surface area contributed by atoms with Crippen LogP contribution in [-0.4, -0.2) is 34.6 Å². The lowest BCUT2D eigenvalue weighted by Crippen LogP contribution is -2.46. The molecule has 2 aromatic rings.